The van der Waals surface area contributed by atoms with Crippen LogP contribution in [0, 0.1) is 0 Å². The SMILES string of the molecule is NN(C(=O)c1ccccc1)c1ncccn1. The molecule has 1 aromatic heterocycles. The van der Waals surface area contributed by atoms with Crippen molar-refractivity contribution in [3.8, 4) is 0 Å². The summed E-state index contributed by atoms with van der Waals surface area (Å²) < 4.78 is 0. The lowest BCUT2D eigenvalue weighted by Gasteiger charge is -2.13. The Hall–Kier alpha value is -2.27. The van der Waals surface area contributed by atoms with E-state index in [-0.39, 0.29) is 11.9 Å². The number of hydrogen-bond acceptors (Lipinski definition) is 4. The Bertz CT molecular complexity index is 472. The molecule has 0 aliphatic heterocycles. The zero-order valence-corrected chi connectivity index (χ0v) is 8.45. The number of nitrogens with zero attached hydrogens (tertiary/aromatic N) is 3. The third kappa shape index (κ3) is 2.04. The van der Waals surface area contributed by atoms with Crippen molar-refractivity contribution < 1.29 is 4.79 Å². The number of rotatable bonds is 2. The maximum atomic E-state index is 11.9. The van der Waals surface area contributed by atoms with Crippen LogP contribution in [0.5, 0.6) is 0 Å². The molecule has 0 radical (unpaired) electrons. The Morgan fingerprint density at radius 1 is 1.06 bits per heavy atom. The van der Waals surface area contributed by atoms with Crippen LogP contribution in [-0.4, -0.2) is 15.9 Å². The fourth-order valence-electron chi connectivity index (χ4n) is 1.23. The summed E-state index contributed by atoms with van der Waals surface area (Å²) >= 11 is 0. The van der Waals surface area contributed by atoms with Gasteiger partial charge in [-0.1, -0.05) is 18.2 Å². The molecule has 0 bridgehead atoms. The molecule has 0 saturated heterocycles. The number of hydrazine groups is 1. The molecule has 1 amide bonds. The van der Waals surface area contributed by atoms with E-state index in [4.69, 9.17) is 5.84 Å². The average Bonchev–Trinajstić information content (AvgIpc) is 2.39. The summed E-state index contributed by atoms with van der Waals surface area (Å²) in [6.07, 6.45) is 3.06. The summed E-state index contributed by atoms with van der Waals surface area (Å²) in [4.78, 5) is 19.7. The topological polar surface area (TPSA) is 72.1 Å². The van der Waals surface area contributed by atoms with Crippen molar-refractivity contribution in [3.05, 3.63) is 54.4 Å². The second kappa shape index (κ2) is 4.50. The van der Waals surface area contributed by atoms with Crippen molar-refractivity contribution in [2.75, 3.05) is 5.01 Å². The molecular weight excluding hydrogens is 204 g/mol. The van der Waals surface area contributed by atoms with E-state index in [0.29, 0.717) is 5.56 Å². The van der Waals surface area contributed by atoms with Crippen LogP contribution in [0.4, 0.5) is 5.95 Å². The number of anilines is 1. The molecule has 80 valence electrons. The van der Waals surface area contributed by atoms with Gasteiger partial charge in [0.15, 0.2) is 0 Å². The molecule has 0 unspecified atom stereocenters. The van der Waals surface area contributed by atoms with Crippen molar-refractivity contribution in [2.24, 2.45) is 5.84 Å². The van der Waals surface area contributed by atoms with E-state index < -0.39 is 0 Å². The smallest absolute Gasteiger partial charge is 0.267 e. The van der Waals surface area contributed by atoms with Gasteiger partial charge in [-0.25, -0.2) is 20.8 Å². The first-order chi connectivity index (χ1) is 7.79. The van der Waals surface area contributed by atoms with Gasteiger partial charge in [-0.3, -0.25) is 4.79 Å². The van der Waals surface area contributed by atoms with Gasteiger partial charge in [0.05, 0.1) is 0 Å². The summed E-state index contributed by atoms with van der Waals surface area (Å²) in [6.45, 7) is 0. The van der Waals surface area contributed by atoms with Crippen molar-refractivity contribution >= 4 is 11.9 Å². The zero-order valence-electron chi connectivity index (χ0n) is 8.45. The van der Waals surface area contributed by atoms with Crippen LogP contribution in [0.3, 0.4) is 0 Å². The molecule has 5 nitrogen and oxygen atoms in total. The molecule has 0 fully saturated rings. The molecule has 0 aliphatic carbocycles. The van der Waals surface area contributed by atoms with Gasteiger partial charge in [0.2, 0.25) is 5.95 Å². The Balaban J connectivity index is 2.24. The number of carbonyl (C=O) groups is 1. The second-order valence-corrected chi connectivity index (χ2v) is 3.09. The molecule has 0 saturated carbocycles. The van der Waals surface area contributed by atoms with Gasteiger partial charge in [0.1, 0.15) is 0 Å². The van der Waals surface area contributed by atoms with E-state index in [2.05, 4.69) is 9.97 Å². The predicted octanol–water partition coefficient (Wildman–Crippen LogP) is 0.997. The summed E-state index contributed by atoms with van der Waals surface area (Å²) in [7, 11) is 0. The minimum atomic E-state index is -0.341. The highest BCUT2D eigenvalue weighted by Gasteiger charge is 2.15. The van der Waals surface area contributed by atoms with Crippen LogP contribution < -0.4 is 10.9 Å². The van der Waals surface area contributed by atoms with Crippen LogP contribution in [-0.2, 0) is 0 Å². The normalized spacial score (nSPS) is 9.81. The monoisotopic (exact) mass is 214 g/mol. The maximum Gasteiger partial charge on any atom is 0.275 e. The third-order valence-corrected chi connectivity index (χ3v) is 2.01. The zero-order chi connectivity index (χ0) is 11.4. The number of hydrogen-bond donors (Lipinski definition) is 1. The highest BCUT2D eigenvalue weighted by atomic mass is 16.2. The first-order valence-electron chi connectivity index (χ1n) is 4.70. The first kappa shape index (κ1) is 10.3. The van der Waals surface area contributed by atoms with Gasteiger partial charge in [-0.2, -0.15) is 0 Å². The summed E-state index contributed by atoms with van der Waals surface area (Å²) in [5.41, 5.74) is 0.498. The number of carbonyl (C=O) groups excluding carboxylic acids is 1. The fraction of sp³-hybridized carbons (Fsp3) is 0. The van der Waals surface area contributed by atoms with E-state index in [1.54, 1.807) is 30.3 Å². The lowest BCUT2D eigenvalue weighted by atomic mass is 10.2. The molecule has 5 heteroatoms. The number of nitrogens with two attached hydrogens (primary N) is 1. The minimum Gasteiger partial charge on any atom is -0.267 e. The quantitative estimate of drug-likeness (QED) is 0.460. The van der Waals surface area contributed by atoms with Crippen LogP contribution in [0.15, 0.2) is 48.8 Å². The van der Waals surface area contributed by atoms with E-state index in [9.17, 15) is 4.79 Å². The maximum absolute atomic E-state index is 11.9. The molecule has 1 aromatic carbocycles. The highest BCUT2D eigenvalue weighted by molar-refractivity contribution is 6.04. The average molecular weight is 214 g/mol. The lowest BCUT2D eigenvalue weighted by molar-refractivity contribution is 0.0985. The molecule has 0 aliphatic rings. The molecule has 2 aromatic rings. The predicted molar refractivity (Wildman–Crippen MR) is 59.5 cm³/mol. The number of amides is 1. The van der Waals surface area contributed by atoms with Gasteiger partial charge in [0, 0.05) is 18.0 Å². The molecule has 0 atom stereocenters. The molecule has 2 N–H and O–H groups in total. The Morgan fingerprint density at radius 2 is 1.69 bits per heavy atom. The Morgan fingerprint density at radius 3 is 2.31 bits per heavy atom. The van der Waals surface area contributed by atoms with Gasteiger partial charge >= 0.3 is 0 Å². The van der Waals surface area contributed by atoms with Crippen molar-refractivity contribution in [2.45, 2.75) is 0 Å². The largest absolute Gasteiger partial charge is 0.275 e. The van der Waals surface area contributed by atoms with Crippen molar-refractivity contribution in [1.29, 1.82) is 0 Å². The van der Waals surface area contributed by atoms with Gasteiger partial charge in [-0.05, 0) is 18.2 Å². The van der Waals surface area contributed by atoms with E-state index in [0.717, 1.165) is 5.01 Å². The first-order valence-corrected chi connectivity index (χ1v) is 4.70. The highest BCUT2D eigenvalue weighted by Crippen LogP contribution is 2.06. The van der Waals surface area contributed by atoms with Crippen LogP contribution in [0.25, 0.3) is 0 Å². The van der Waals surface area contributed by atoms with Crippen LogP contribution >= 0.6 is 0 Å². The molecule has 0 spiro atoms. The van der Waals surface area contributed by atoms with Crippen LogP contribution in [0.2, 0.25) is 0 Å². The standard InChI is InChI=1S/C11H10N4O/c12-15(11-13-7-4-8-14-11)10(16)9-5-2-1-3-6-9/h1-8H,12H2. The van der Waals surface area contributed by atoms with E-state index in [1.165, 1.54) is 12.4 Å². The Labute approximate surface area is 92.5 Å². The number of benzene rings is 1. The van der Waals surface area contributed by atoms with Gasteiger partial charge in [-0.15, -0.1) is 0 Å². The van der Waals surface area contributed by atoms with Crippen LogP contribution in [0.1, 0.15) is 10.4 Å². The summed E-state index contributed by atoms with van der Waals surface area (Å²) in [5, 5.41) is 0.926. The summed E-state index contributed by atoms with van der Waals surface area (Å²) in [5.74, 6) is 5.47. The van der Waals surface area contributed by atoms with E-state index in [1.807, 2.05) is 6.07 Å². The van der Waals surface area contributed by atoms with Crippen molar-refractivity contribution in [1.82, 2.24) is 9.97 Å². The molecule has 1 heterocycles. The third-order valence-electron chi connectivity index (χ3n) is 2.01. The lowest BCUT2D eigenvalue weighted by Crippen LogP contribution is -2.38. The van der Waals surface area contributed by atoms with Gasteiger partial charge in [0.25, 0.3) is 5.91 Å². The van der Waals surface area contributed by atoms with Gasteiger partial charge < -0.3 is 0 Å². The molecule has 16 heavy (non-hydrogen) atoms. The molecular formula is C11H10N4O. The van der Waals surface area contributed by atoms with E-state index >= 15 is 0 Å². The van der Waals surface area contributed by atoms with Crippen molar-refractivity contribution in [3.63, 3.8) is 0 Å². The minimum absolute atomic E-state index is 0.177. The Kier molecular flexibility index (Phi) is 2.88. The number of aromatic nitrogens is 2. The summed E-state index contributed by atoms with van der Waals surface area (Å²) in [6, 6.07) is 10.4. The molecule has 2 rings (SSSR count). The second-order valence-electron chi connectivity index (χ2n) is 3.09. The fourth-order valence-corrected chi connectivity index (χ4v) is 1.23.